The van der Waals surface area contributed by atoms with Crippen molar-refractivity contribution in [2.75, 3.05) is 27.2 Å². The number of carbonyl (C=O) groups excluding carboxylic acids is 1. The number of carbonyl (C=O) groups is 1. The van der Waals surface area contributed by atoms with Crippen LogP contribution >= 0.6 is 24.0 Å². The summed E-state index contributed by atoms with van der Waals surface area (Å²) in [7, 11) is 3.55. The van der Waals surface area contributed by atoms with E-state index >= 15 is 0 Å². The average Bonchev–Trinajstić information content (AvgIpc) is 3.15. The van der Waals surface area contributed by atoms with E-state index in [0.717, 1.165) is 29.0 Å². The van der Waals surface area contributed by atoms with Gasteiger partial charge in [0.1, 0.15) is 17.6 Å². The first-order valence-electron chi connectivity index (χ1n) is 11.2. The third kappa shape index (κ3) is 7.80. The number of aliphatic imine (C=N–C) groups is 1. The number of hydrogen-bond acceptors (Lipinski definition) is 4. The molecule has 1 heterocycles. The van der Waals surface area contributed by atoms with Crippen LogP contribution in [0.5, 0.6) is 11.5 Å². The molecule has 0 saturated carbocycles. The Morgan fingerprint density at radius 2 is 2.00 bits per heavy atom. The standard InChI is InChI=1S/C25H34N4O3.HI/c1-5-31-22-14-20-13-18(2)32-23(20)15-21(22)16-28-25(26-3)27-12-11-24(30)29(4)17-19-9-7-6-8-10-19;/h6-10,14-15,18H,5,11-13,16-17H2,1-4H3,(H2,26,27,28);1H. The first-order valence-corrected chi connectivity index (χ1v) is 11.2. The Morgan fingerprint density at radius 3 is 2.70 bits per heavy atom. The number of nitrogens with zero attached hydrogens (tertiary/aromatic N) is 2. The van der Waals surface area contributed by atoms with Crippen LogP contribution in [0.2, 0.25) is 0 Å². The molecule has 2 aromatic carbocycles. The van der Waals surface area contributed by atoms with E-state index in [1.165, 1.54) is 5.56 Å². The van der Waals surface area contributed by atoms with Gasteiger partial charge in [0, 0.05) is 57.7 Å². The van der Waals surface area contributed by atoms with E-state index in [2.05, 4.69) is 28.6 Å². The zero-order valence-corrected chi connectivity index (χ0v) is 22.2. The maximum absolute atomic E-state index is 12.4. The molecular weight excluding hydrogens is 531 g/mol. The highest BCUT2D eigenvalue weighted by Gasteiger charge is 2.22. The van der Waals surface area contributed by atoms with Gasteiger partial charge in [-0.3, -0.25) is 9.79 Å². The Hall–Kier alpha value is -2.49. The van der Waals surface area contributed by atoms with Gasteiger partial charge >= 0.3 is 0 Å². The second-order valence-corrected chi connectivity index (χ2v) is 7.97. The Bertz CT molecular complexity index is 937. The predicted octanol–water partition coefficient (Wildman–Crippen LogP) is 3.74. The minimum atomic E-state index is 0. The van der Waals surface area contributed by atoms with E-state index in [0.29, 0.717) is 38.6 Å². The van der Waals surface area contributed by atoms with Gasteiger partial charge in [-0.2, -0.15) is 0 Å². The molecule has 0 aromatic heterocycles. The van der Waals surface area contributed by atoms with Crippen molar-refractivity contribution in [3.8, 4) is 11.5 Å². The molecule has 0 radical (unpaired) electrons. The molecule has 0 fully saturated rings. The van der Waals surface area contributed by atoms with Crippen molar-refractivity contribution in [2.45, 2.75) is 45.9 Å². The molecule has 7 nitrogen and oxygen atoms in total. The van der Waals surface area contributed by atoms with Crippen LogP contribution in [0.25, 0.3) is 0 Å². The fourth-order valence-corrected chi connectivity index (χ4v) is 3.73. The molecule has 2 aromatic rings. The van der Waals surface area contributed by atoms with Gasteiger partial charge in [0.25, 0.3) is 0 Å². The van der Waals surface area contributed by atoms with Gasteiger partial charge in [0.15, 0.2) is 5.96 Å². The van der Waals surface area contributed by atoms with Crippen molar-refractivity contribution in [2.24, 2.45) is 4.99 Å². The molecule has 2 N–H and O–H groups in total. The summed E-state index contributed by atoms with van der Waals surface area (Å²) in [6.45, 7) is 6.31. The van der Waals surface area contributed by atoms with Crippen LogP contribution in [0.4, 0.5) is 0 Å². The lowest BCUT2D eigenvalue weighted by Gasteiger charge is -2.18. The van der Waals surface area contributed by atoms with Crippen molar-refractivity contribution in [1.82, 2.24) is 15.5 Å². The van der Waals surface area contributed by atoms with Crippen molar-refractivity contribution < 1.29 is 14.3 Å². The Balaban J connectivity index is 0.00000385. The highest BCUT2D eigenvalue weighted by atomic mass is 127. The van der Waals surface area contributed by atoms with E-state index in [1.54, 1.807) is 11.9 Å². The zero-order chi connectivity index (χ0) is 22.9. The van der Waals surface area contributed by atoms with E-state index in [1.807, 2.05) is 50.4 Å². The lowest BCUT2D eigenvalue weighted by atomic mass is 10.1. The topological polar surface area (TPSA) is 75.2 Å². The molecule has 1 aliphatic rings. The smallest absolute Gasteiger partial charge is 0.224 e. The molecule has 1 aliphatic heterocycles. The van der Waals surface area contributed by atoms with Gasteiger partial charge in [-0.1, -0.05) is 30.3 Å². The summed E-state index contributed by atoms with van der Waals surface area (Å²) in [6.07, 6.45) is 1.48. The Morgan fingerprint density at radius 1 is 1.24 bits per heavy atom. The van der Waals surface area contributed by atoms with Gasteiger partial charge in [-0.25, -0.2) is 0 Å². The molecule has 3 rings (SSSR count). The SMILES string of the molecule is CCOc1cc2c(cc1CNC(=NC)NCCC(=O)N(C)Cc1ccccc1)OC(C)C2.I. The molecule has 1 unspecified atom stereocenters. The fraction of sp³-hybridized carbons (Fsp3) is 0.440. The second kappa shape index (κ2) is 13.3. The highest BCUT2D eigenvalue weighted by molar-refractivity contribution is 14.0. The molecule has 33 heavy (non-hydrogen) atoms. The number of guanidine groups is 1. The zero-order valence-electron chi connectivity index (χ0n) is 19.9. The minimum Gasteiger partial charge on any atom is -0.494 e. The first-order chi connectivity index (χ1) is 15.5. The van der Waals surface area contributed by atoms with Crippen LogP contribution in [-0.2, 0) is 24.3 Å². The number of amides is 1. The van der Waals surface area contributed by atoms with E-state index < -0.39 is 0 Å². The number of ether oxygens (including phenoxy) is 2. The Kier molecular flexibility index (Phi) is 10.8. The van der Waals surface area contributed by atoms with Crippen LogP contribution in [0.1, 0.15) is 37.0 Å². The van der Waals surface area contributed by atoms with Gasteiger partial charge in [0.05, 0.1) is 6.61 Å². The minimum absolute atomic E-state index is 0. The molecule has 0 aliphatic carbocycles. The molecule has 180 valence electrons. The van der Waals surface area contributed by atoms with E-state index in [4.69, 9.17) is 9.47 Å². The number of nitrogens with one attached hydrogen (secondary N) is 2. The molecule has 8 heteroatoms. The lowest BCUT2D eigenvalue weighted by Crippen LogP contribution is -2.39. The number of fused-ring (bicyclic) bond motifs is 1. The average molecular weight is 566 g/mol. The van der Waals surface area contributed by atoms with E-state index in [-0.39, 0.29) is 36.0 Å². The second-order valence-electron chi connectivity index (χ2n) is 7.97. The normalized spacial score (nSPS) is 14.5. The number of benzene rings is 2. The predicted molar refractivity (Wildman–Crippen MR) is 143 cm³/mol. The molecule has 0 saturated heterocycles. The summed E-state index contributed by atoms with van der Waals surface area (Å²) in [5, 5.41) is 6.53. The third-order valence-corrected chi connectivity index (χ3v) is 5.37. The van der Waals surface area contributed by atoms with Crippen LogP contribution < -0.4 is 20.1 Å². The highest BCUT2D eigenvalue weighted by Crippen LogP contribution is 2.35. The molecule has 0 spiro atoms. The van der Waals surface area contributed by atoms with Gasteiger partial charge in [0.2, 0.25) is 5.91 Å². The van der Waals surface area contributed by atoms with Crippen molar-refractivity contribution in [3.05, 3.63) is 59.2 Å². The van der Waals surface area contributed by atoms with Crippen molar-refractivity contribution >= 4 is 35.8 Å². The third-order valence-electron chi connectivity index (χ3n) is 5.37. The largest absolute Gasteiger partial charge is 0.494 e. The summed E-state index contributed by atoms with van der Waals surface area (Å²) < 4.78 is 11.7. The summed E-state index contributed by atoms with van der Waals surface area (Å²) in [5.41, 5.74) is 3.32. The van der Waals surface area contributed by atoms with Crippen molar-refractivity contribution in [1.29, 1.82) is 0 Å². The van der Waals surface area contributed by atoms with Crippen LogP contribution in [0.3, 0.4) is 0 Å². The number of hydrogen-bond donors (Lipinski definition) is 2. The molecular formula is C25H35IN4O3. The first kappa shape index (κ1) is 26.8. The van der Waals surface area contributed by atoms with Crippen LogP contribution in [-0.4, -0.2) is 50.1 Å². The van der Waals surface area contributed by atoms with Gasteiger partial charge in [-0.15, -0.1) is 24.0 Å². The molecule has 0 bridgehead atoms. The Labute approximate surface area is 214 Å². The maximum Gasteiger partial charge on any atom is 0.224 e. The van der Waals surface area contributed by atoms with Crippen LogP contribution in [0, 0.1) is 0 Å². The summed E-state index contributed by atoms with van der Waals surface area (Å²) in [4.78, 5) is 18.5. The number of rotatable bonds is 9. The van der Waals surface area contributed by atoms with Gasteiger partial charge < -0.3 is 25.0 Å². The summed E-state index contributed by atoms with van der Waals surface area (Å²) in [6, 6.07) is 14.1. The van der Waals surface area contributed by atoms with E-state index in [9.17, 15) is 4.79 Å². The maximum atomic E-state index is 12.4. The molecule has 1 amide bonds. The summed E-state index contributed by atoms with van der Waals surface area (Å²) in [5.74, 6) is 2.51. The van der Waals surface area contributed by atoms with Gasteiger partial charge in [-0.05, 0) is 31.5 Å². The molecule has 1 atom stereocenters. The fourth-order valence-electron chi connectivity index (χ4n) is 3.73. The quantitative estimate of drug-likeness (QED) is 0.275. The van der Waals surface area contributed by atoms with Crippen LogP contribution in [0.15, 0.2) is 47.5 Å². The lowest BCUT2D eigenvalue weighted by molar-refractivity contribution is -0.130. The van der Waals surface area contributed by atoms with Crippen molar-refractivity contribution in [3.63, 3.8) is 0 Å². The monoisotopic (exact) mass is 566 g/mol. The number of halogens is 1. The summed E-state index contributed by atoms with van der Waals surface area (Å²) >= 11 is 0.